The highest BCUT2D eigenvalue weighted by atomic mass is 35.5. The Hall–Kier alpha value is -1.33. The van der Waals surface area contributed by atoms with E-state index in [1.54, 1.807) is 0 Å². The Labute approximate surface area is 157 Å². The van der Waals surface area contributed by atoms with Crippen molar-refractivity contribution >= 4 is 50.7 Å². The molecule has 0 atom stereocenters. The van der Waals surface area contributed by atoms with E-state index in [9.17, 15) is 17.2 Å². The van der Waals surface area contributed by atoms with Gasteiger partial charge in [0.05, 0.1) is 15.7 Å². The van der Waals surface area contributed by atoms with Crippen LogP contribution in [0.1, 0.15) is 0 Å². The first kappa shape index (κ1) is 20.0. The molecule has 0 aliphatic carbocycles. The molecule has 0 saturated carbocycles. The number of hydrogen-bond donors (Lipinski definition) is 2. The smallest absolute Gasteiger partial charge is 0.388 e. The number of aryl methyl sites for hydroxylation is 1. The third-order valence-electron chi connectivity index (χ3n) is 2.97. The van der Waals surface area contributed by atoms with Crippen LogP contribution in [0.5, 0.6) is 5.88 Å². The Morgan fingerprint density at radius 1 is 1.24 bits per heavy atom. The van der Waals surface area contributed by atoms with Gasteiger partial charge >= 0.3 is 6.61 Å². The summed E-state index contributed by atoms with van der Waals surface area (Å²) in [5.41, 5.74) is 0.185. The molecular formula is C12H11Cl3F2N4O3S. The number of aromatic nitrogens is 2. The molecule has 25 heavy (non-hydrogen) atoms. The van der Waals surface area contributed by atoms with E-state index < -0.39 is 16.8 Å². The number of nitrogens with one attached hydrogen (secondary N) is 2. The molecule has 2 N–H and O–H groups in total. The van der Waals surface area contributed by atoms with Crippen LogP contribution in [0.2, 0.25) is 15.1 Å². The van der Waals surface area contributed by atoms with Crippen LogP contribution in [0.3, 0.4) is 0 Å². The van der Waals surface area contributed by atoms with Gasteiger partial charge in [-0.2, -0.15) is 22.3 Å². The Morgan fingerprint density at radius 2 is 1.88 bits per heavy atom. The molecule has 0 spiro atoms. The maximum Gasteiger partial charge on any atom is 0.388 e. The molecule has 7 nitrogen and oxygen atoms in total. The minimum Gasteiger partial charge on any atom is -0.416 e. The van der Waals surface area contributed by atoms with Crippen LogP contribution in [0.4, 0.5) is 14.5 Å². The monoisotopic (exact) mass is 434 g/mol. The van der Waals surface area contributed by atoms with Crippen molar-refractivity contribution in [3.05, 3.63) is 27.2 Å². The van der Waals surface area contributed by atoms with Gasteiger partial charge in [0.25, 0.3) is 10.2 Å². The lowest BCUT2D eigenvalue weighted by molar-refractivity contribution is -0.0552. The molecule has 0 aliphatic rings. The number of ether oxygens (including phenoxy) is 1. The first-order valence-electron chi connectivity index (χ1n) is 6.43. The fourth-order valence-corrected chi connectivity index (χ4v) is 3.31. The molecule has 2 aromatic rings. The van der Waals surface area contributed by atoms with E-state index in [1.807, 2.05) is 0 Å². The lowest BCUT2D eigenvalue weighted by Crippen LogP contribution is -2.26. The fraction of sp³-hybridized carbons (Fsp3) is 0.250. The third kappa shape index (κ3) is 4.45. The second-order valence-electron chi connectivity index (χ2n) is 4.59. The summed E-state index contributed by atoms with van der Waals surface area (Å²) >= 11 is 18.1. The average molecular weight is 436 g/mol. The summed E-state index contributed by atoms with van der Waals surface area (Å²) < 4.78 is 57.8. The molecular weight excluding hydrogens is 425 g/mol. The molecule has 0 amide bonds. The predicted molar refractivity (Wildman–Crippen MR) is 91.9 cm³/mol. The Morgan fingerprint density at radius 3 is 2.44 bits per heavy atom. The van der Waals surface area contributed by atoms with Gasteiger partial charge in [0.15, 0.2) is 0 Å². The van der Waals surface area contributed by atoms with Gasteiger partial charge < -0.3 is 4.74 Å². The Kier molecular flexibility index (Phi) is 6.00. The largest absolute Gasteiger partial charge is 0.416 e. The number of anilines is 1. The van der Waals surface area contributed by atoms with Gasteiger partial charge in [-0.15, -0.1) is 0 Å². The lowest BCUT2D eigenvalue weighted by Gasteiger charge is -2.11. The van der Waals surface area contributed by atoms with Crippen LogP contribution >= 0.6 is 34.8 Å². The van der Waals surface area contributed by atoms with E-state index >= 15 is 0 Å². The maximum absolute atomic E-state index is 12.5. The zero-order chi connectivity index (χ0) is 18.9. The summed E-state index contributed by atoms with van der Waals surface area (Å²) in [5.74, 6) is -0.366. The number of hydrogen-bond acceptors (Lipinski definition) is 4. The molecule has 0 unspecified atom stereocenters. The molecule has 13 heteroatoms. The second-order valence-corrected chi connectivity index (χ2v) is 7.40. The topological polar surface area (TPSA) is 85.3 Å². The molecule has 0 saturated heterocycles. The summed E-state index contributed by atoms with van der Waals surface area (Å²) in [6, 6.07) is 2.55. The van der Waals surface area contributed by atoms with Crippen LogP contribution in [0.15, 0.2) is 12.1 Å². The zero-order valence-corrected chi connectivity index (χ0v) is 15.7. The van der Waals surface area contributed by atoms with E-state index in [4.69, 9.17) is 34.8 Å². The Balaban J connectivity index is 2.57. The molecule has 0 bridgehead atoms. The zero-order valence-electron chi connectivity index (χ0n) is 12.6. The molecule has 0 fully saturated rings. The number of rotatable bonds is 6. The molecule has 1 aromatic carbocycles. The fourth-order valence-electron chi connectivity index (χ4n) is 1.87. The molecule has 0 aliphatic heterocycles. The lowest BCUT2D eigenvalue weighted by atomic mass is 10.1. The summed E-state index contributed by atoms with van der Waals surface area (Å²) in [7, 11) is -1.29. The third-order valence-corrected chi connectivity index (χ3v) is 4.96. The van der Waals surface area contributed by atoms with Crippen molar-refractivity contribution in [2.45, 2.75) is 6.61 Å². The normalized spacial score (nSPS) is 11.8. The van der Waals surface area contributed by atoms with Crippen LogP contribution in [-0.4, -0.2) is 31.9 Å². The van der Waals surface area contributed by atoms with Gasteiger partial charge in [0, 0.05) is 19.7 Å². The van der Waals surface area contributed by atoms with Crippen LogP contribution in [0, 0.1) is 0 Å². The standard InChI is InChI=1S/C12H11Cl3F2N4O3S/c1-18-25(22,23)20-8-3-5(6(13)4-7(8)14)10-9(15)11(21(2)19-10)24-12(16)17/h3-4,12,18,20H,1-2H3. The summed E-state index contributed by atoms with van der Waals surface area (Å²) in [4.78, 5) is 0. The van der Waals surface area contributed by atoms with Gasteiger partial charge in [0.2, 0.25) is 5.88 Å². The number of alkyl halides is 2. The van der Waals surface area contributed by atoms with Crippen molar-refractivity contribution < 1.29 is 21.9 Å². The number of nitrogens with zero attached hydrogens (tertiary/aromatic N) is 2. The SMILES string of the molecule is CNS(=O)(=O)Nc1cc(-c2nn(C)c(OC(F)F)c2Cl)c(Cl)cc1Cl. The van der Waals surface area contributed by atoms with Crippen molar-refractivity contribution in [2.24, 2.45) is 7.05 Å². The van der Waals surface area contributed by atoms with E-state index in [0.717, 1.165) is 4.68 Å². The van der Waals surface area contributed by atoms with Crippen LogP contribution in [-0.2, 0) is 17.3 Å². The maximum atomic E-state index is 12.5. The highest BCUT2D eigenvalue weighted by Gasteiger charge is 2.23. The van der Waals surface area contributed by atoms with Gasteiger partial charge in [-0.25, -0.2) is 9.40 Å². The predicted octanol–water partition coefficient (Wildman–Crippen LogP) is 3.52. The van der Waals surface area contributed by atoms with Crippen molar-refractivity contribution in [2.75, 3.05) is 11.8 Å². The molecule has 1 aromatic heterocycles. The summed E-state index contributed by atoms with van der Waals surface area (Å²) in [5, 5.41) is 3.88. The van der Waals surface area contributed by atoms with Crippen molar-refractivity contribution in [3.8, 4) is 17.1 Å². The quantitative estimate of drug-likeness (QED) is 0.727. The summed E-state index contributed by atoms with van der Waals surface area (Å²) in [6.07, 6.45) is 0. The number of benzene rings is 1. The molecule has 2 rings (SSSR count). The van der Waals surface area contributed by atoms with Gasteiger partial charge in [-0.05, 0) is 12.1 Å². The minimum absolute atomic E-state index is 0.00605. The minimum atomic E-state index is -3.85. The number of halogens is 5. The highest BCUT2D eigenvalue weighted by molar-refractivity contribution is 7.90. The first-order chi connectivity index (χ1) is 11.6. The van der Waals surface area contributed by atoms with Gasteiger partial charge in [0.1, 0.15) is 10.7 Å². The first-order valence-corrected chi connectivity index (χ1v) is 9.05. The summed E-state index contributed by atoms with van der Waals surface area (Å²) in [6.45, 7) is -3.10. The van der Waals surface area contributed by atoms with E-state index in [1.165, 1.54) is 26.2 Å². The molecule has 138 valence electrons. The Bertz CT molecular complexity index is 905. The van der Waals surface area contributed by atoms with Crippen molar-refractivity contribution in [1.82, 2.24) is 14.5 Å². The van der Waals surface area contributed by atoms with Crippen molar-refractivity contribution in [1.29, 1.82) is 0 Å². The van der Waals surface area contributed by atoms with E-state index in [2.05, 4.69) is 19.3 Å². The van der Waals surface area contributed by atoms with Crippen LogP contribution < -0.4 is 14.2 Å². The van der Waals surface area contributed by atoms with Crippen LogP contribution in [0.25, 0.3) is 11.3 Å². The molecule has 1 heterocycles. The average Bonchev–Trinajstić information content (AvgIpc) is 2.77. The van der Waals surface area contributed by atoms with Crippen molar-refractivity contribution in [3.63, 3.8) is 0 Å². The second kappa shape index (κ2) is 7.50. The molecule has 0 radical (unpaired) electrons. The highest BCUT2D eigenvalue weighted by Crippen LogP contribution is 2.41. The van der Waals surface area contributed by atoms with E-state index in [0.29, 0.717) is 0 Å². The van der Waals surface area contributed by atoms with Gasteiger partial charge in [-0.3, -0.25) is 4.72 Å². The van der Waals surface area contributed by atoms with E-state index in [-0.39, 0.29) is 37.9 Å². The van der Waals surface area contributed by atoms with Gasteiger partial charge in [-0.1, -0.05) is 34.8 Å².